The summed E-state index contributed by atoms with van der Waals surface area (Å²) in [5.41, 5.74) is 5.72. The van der Waals surface area contributed by atoms with Crippen LogP contribution in [0.3, 0.4) is 0 Å². The van der Waals surface area contributed by atoms with E-state index < -0.39 is 0 Å². The van der Waals surface area contributed by atoms with Gasteiger partial charge in [-0.15, -0.1) is 0 Å². The van der Waals surface area contributed by atoms with E-state index in [0.29, 0.717) is 12.1 Å². The second kappa shape index (κ2) is 8.10. The van der Waals surface area contributed by atoms with Gasteiger partial charge < -0.3 is 9.64 Å². The van der Waals surface area contributed by atoms with Gasteiger partial charge in [-0.1, -0.05) is 55.0 Å². The van der Waals surface area contributed by atoms with Crippen LogP contribution in [0.4, 0.5) is 5.69 Å². The van der Waals surface area contributed by atoms with Gasteiger partial charge in [0.25, 0.3) is 0 Å². The molecule has 3 nitrogen and oxygen atoms in total. The summed E-state index contributed by atoms with van der Waals surface area (Å²) in [6.07, 6.45) is 7.72. The largest absolute Gasteiger partial charge is 0.378 e. The predicted molar refractivity (Wildman–Crippen MR) is 115 cm³/mol. The maximum Gasteiger partial charge on any atom is 0.0642 e. The summed E-state index contributed by atoms with van der Waals surface area (Å²) in [7, 11) is 0. The van der Waals surface area contributed by atoms with Crippen molar-refractivity contribution in [1.29, 1.82) is 0 Å². The fourth-order valence-corrected chi connectivity index (χ4v) is 5.08. The van der Waals surface area contributed by atoms with E-state index in [1.165, 1.54) is 42.5 Å². The van der Waals surface area contributed by atoms with Crippen LogP contribution < -0.4 is 4.90 Å². The zero-order valence-corrected chi connectivity index (χ0v) is 16.6. The Labute approximate surface area is 168 Å². The molecule has 2 aromatic carbocycles. The Morgan fingerprint density at radius 2 is 1.68 bits per heavy atom. The Kier molecular flexibility index (Phi) is 5.20. The minimum atomic E-state index is 0.585. The molecule has 0 spiro atoms. The summed E-state index contributed by atoms with van der Waals surface area (Å²) in [4.78, 5) is 5.17. The molecule has 2 unspecified atom stereocenters. The molecule has 28 heavy (non-hydrogen) atoms. The van der Waals surface area contributed by atoms with Crippen LogP contribution in [-0.2, 0) is 11.3 Å². The summed E-state index contributed by atoms with van der Waals surface area (Å²) >= 11 is 0. The van der Waals surface area contributed by atoms with Gasteiger partial charge in [-0.2, -0.15) is 0 Å². The molecule has 0 radical (unpaired) electrons. The Balaban J connectivity index is 1.33. The van der Waals surface area contributed by atoms with Gasteiger partial charge in [0.2, 0.25) is 0 Å². The molecule has 2 aromatic rings. The van der Waals surface area contributed by atoms with Crippen LogP contribution in [0.5, 0.6) is 0 Å². The first-order valence-electron chi connectivity index (χ1n) is 10.8. The van der Waals surface area contributed by atoms with Gasteiger partial charge in [0.15, 0.2) is 0 Å². The molecule has 3 aliphatic rings. The molecule has 2 fully saturated rings. The second-order valence-corrected chi connectivity index (χ2v) is 8.35. The van der Waals surface area contributed by atoms with Gasteiger partial charge in [0, 0.05) is 37.4 Å². The quantitative estimate of drug-likeness (QED) is 0.769. The monoisotopic (exact) mass is 374 g/mol. The number of hydrogen-bond acceptors (Lipinski definition) is 3. The number of rotatable bonds is 4. The van der Waals surface area contributed by atoms with Crippen LogP contribution >= 0.6 is 0 Å². The fraction of sp³-hybridized carbons (Fsp3) is 0.440. The minimum absolute atomic E-state index is 0.585. The lowest BCUT2D eigenvalue weighted by molar-refractivity contribution is 0.0951. The van der Waals surface area contributed by atoms with Crippen LogP contribution in [-0.4, -0.2) is 43.3 Å². The Hall–Kier alpha value is -2.10. The summed E-state index contributed by atoms with van der Waals surface area (Å²) in [6, 6.07) is 21.5. The summed E-state index contributed by atoms with van der Waals surface area (Å²) in [5.74, 6) is 0. The first kappa shape index (κ1) is 18.0. The molecule has 3 heteroatoms. The predicted octanol–water partition coefficient (Wildman–Crippen LogP) is 4.73. The maximum absolute atomic E-state index is 5.48. The van der Waals surface area contributed by atoms with E-state index in [1.54, 1.807) is 5.57 Å². The van der Waals surface area contributed by atoms with Crippen molar-refractivity contribution in [3.63, 3.8) is 0 Å². The van der Waals surface area contributed by atoms with E-state index in [0.717, 1.165) is 32.8 Å². The van der Waals surface area contributed by atoms with E-state index in [1.807, 2.05) is 0 Å². The van der Waals surface area contributed by atoms with Crippen molar-refractivity contribution < 1.29 is 4.74 Å². The highest BCUT2D eigenvalue weighted by atomic mass is 16.5. The highest BCUT2D eigenvalue weighted by molar-refractivity contribution is 5.69. The number of fused-ring (bicyclic) bond motifs is 2. The number of benzene rings is 2. The zero-order chi connectivity index (χ0) is 18.8. The van der Waals surface area contributed by atoms with Crippen molar-refractivity contribution in [2.75, 3.05) is 31.2 Å². The molecular formula is C25H30N2O. The van der Waals surface area contributed by atoms with Crippen LogP contribution in [0, 0.1) is 0 Å². The molecule has 2 bridgehead atoms. The third-order valence-electron chi connectivity index (χ3n) is 6.60. The molecule has 146 valence electrons. The smallest absolute Gasteiger partial charge is 0.0642 e. The lowest BCUT2D eigenvalue weighted by Gasteiger charge is -2.45. The van der Waals surface area contributed by atoms with Crippen molar-refractivity contribution >= 4 is 11.3 Å². The van der Waals surface area contributed by atoms with Crippen molar-refractivity contribution in [3.8, 4) is 0 Å². The molecule has 0 amide bonds. The van der Waals surface area contributed by atoms with Gasteiger partial charge >= 0.3 is 0 Å². The number of morpholine rings is 1. The van der Waals surface area contributed by atoms with Gasteiger partial charge in [-0.3, -0.25) is 4.90 Å². The van der Waals surface area contributed by atoms with E-state index >= 15 is 0 Å². The number of anilines is 1. The number of nitrogens with zero attached hydrogens (tertiary/aromatic N) is 2. The summed E-state index contributed by atoms with van der Waals surface area (Å²) in [6.45, 7) is 4.76. The molecule has 3 heterocycles. The Bertz CT molecular complexity index is 808. The second-order valence-electron chi connectivity index (χ2n) is 8.35. The molecular weight excluding hydrogens is 344 g/mol. The molecule has 0 saturated carbocycles. The van der Waals surface area contributed by atoms with E-state index in [-0.39, 0.29) is 0 Å². The van der Waals surface area contributed by atoms with Crippen molar-refractivity contribution in [1.82, 2.24) is 4.90 Å². The van der Waals surface area contributed by atoms with Gasteiger partial charge in [-0.25, -0.2) is 0 Å². The number of ether oxygens (including phenoxy) is 1. The molecule has 2 saturated heterocycles. The highest BCUT2D eigenvalue weighted by Crippen LogP contribution is 2.38. The molecule has 3 aliphatic heterocycles. The van der Waals surface area contributed by atoms with Crippen molar-refractivity contribution in [3.05, 3.63) is 71.8 Å². The molecule has 5 rings (SSSR count). The summed E-state index contributed by atoms with van der Waals surface area (Å²) in [5, 5.41) is 0. The summed E-state index contributed by atoms with van der Waals surface area (Å²) < 4.78 is 5.48. The molecule has 2 atom stereocenters. The maximum atomic E-state index is 5.48. The van der Waals surface area contributed by atoms with E-state index in [2.05, 4.69) is 70.5 Å². The highest BCUT2D eigenvalue weighted by Gasteiger charge is 2.34. The Morgan fingerprint density at radius 1 is 0.893 bits per heavy atom. The van der Waals surface area contributed by atoms with Gasteiger partial charge in [-0.05, 0) is 48.1 Å². The van der Waals surface area contributed by atoms with Crippen molar-refractivity contribution in [2.24, 2.45) is 0 Å². The first-order chi connectivity index (χ1) is 13.9. The van der Waals surface area contributed by atoms with Crippen LogP contribution in [0.25, 0.3) is 5.57 Å². The van der Waals surface area contributed by atoms with E-state index in [4.69, 9.17) is 4.74 Å². The minimum Gasteiger partial charge on any atom is -0.378 e. The number of piperidine rings is 1. The van der Waals surface area contributed by atoms with Gasteiger partial charge in [0.1, 0.15) is 0 Å². The molecule has 0 aliphatic carbocycles. The van der Waals surface area contributed by atoms with Gasteiger partial charge in [0.05, 0.1) is 13.2 Å². The standard InChI is InChI=1S/C25H30N2O/c1-2-5-20(6-3-1)19-27-24-7-4-8-25(27)18-22(17-24)21-9-11-23(12-10-21)26-13-15-28-16-14-26/h1-3,5-6,9-12,17,24-25H,4,7-8,13-16,18-19H2. The third-order valence-corrected chi connectivity index (χ3v) is 6.60. The van der Waals surface area contributed by atoms with Crippen LogP contribution in [0.1, 0.15) is 36.8 Å². The average Bonchev–Trinajstić information content (AvgIpc) is 2.75. The molecule has 0 aromatic heterocycles. The first-order valence-corrected chi connectivity index (χ1v) is 10.8. The Morgan fingerprint density at radius 3 is 2.43 bits per heavy atom. The van der Waals surface area contributed by atoms with Crippen LogP contribution in [0.15, 0.2) is 60.7 Å². The average molecular weight is 375 g/mol. The van der Waals surface area contributed by atoms with Crippen molar-refractivity contribution in [2.45, 2.75) is 44.3 Å². The lowest BCUT2D eigenvalue weighted by Crippen LogP contribution is -2.47. The SMILES string of the molecule is C1=C(c2ccc(N3CCOCC3)cc2)CC2CCCC1N2Cc1ccccc1. The normalized spacial score (nSPS) is 25.4. The van der Waals surface area contributed by atoms with E-state index in [9.17, 15) is 0 Å². The molecule has 0 N–H and O–H groups in total. The van der Waals surface area contributed by atoms with Crippen LogP contribution in [0.2, 0.25) is 0 Å². The third kappa shape index (κ3) is 3.74. The topological polar surface area (TPSA) is 15.7 Å². The number of hydrogen-bond donors (Lipinski definition) is 0. The fourth-order valence-electron chi connectivity index (χ4n) is 5.08. The lowest BCUT2D eigenvalue weighted by atomic mass is 9.82. The zero-order valence-electron chi connectivity index (χ0n) is 16.6.